The van der Waals surface area contributed by atoms with Gasteiger partial charge in [0.1, 0.15) is 0 Å². The van der Waals surface area contributed by atoms with Gasteiger partial charge < -0.3 is 15.4 Å². The third kappa shape index (κ3) is 4.57. The number of amides is 1. The molecular weight excluding hydrogens is 288 g/mol. The zero-order valence-electron chi connectivity index (χ0n) is 13.6. The van der Waals surface area contributed by atoms with E-state index in [9.17, 15) is 4.79 Å². The lowest BCUT2D eigenvalue weighted by Crippen LogP contribution is -2.63. The number of carbonyl (C=O) groups excluding carboxylic acids is 1. The summed E-state index contributed by atoms with van der Waals surface area (Å²) in [6.45, 7) is 9.31. The molecule has 2 fully saturated rings. The van der Waals surface area contributed by atoms with Gasteiger partial charge in [0.15, 0.2) is 0 Å². The van der Waals surface area contributed by atoms with Crippen molar-refractivity contribution < 1.29 is 9.53 Å². The molecule has 1 saturated carbocycles. The molecule has 1 saturated heterocycles. The second kappa shape index (κ2) is 8.35. The summed E-state index contributed by atoms with van der Waals surface area (Å²) in [5, 5.41) is 6.54. The van der Waals surface area contributed by atoms with Crippen LogP contribution in [-0.2, 0) is 9.53 Å². The molecule has 2 rings (SSSR count). The highest BCUT2D eigenvalue weighted by Crippen LogP contribution is 2.43. The number of hydrogen-bond donors (Lipinski definition) is 2. The lowest BCUT2D eigenvalue weighted by atomic mass is 9.64. The summed E-state index contributed by atoms with van der Waals surface area (Å²) >= 11 is 0. The molecule has 1 heterocycles. The number of halogens is 1. The van der Waals surface area contributed by atoms with Gasteiger partial charge in [-0.3, -0.25) is 4.79 Å². The number of hydrogen-bond acceptors (Lipinski definition) is 3. The summed E-state index contributed by atoms with van der Waals surface area (Å²) < 4.78 is 5.93. The highest BCUT2D eigenvalue weighted by Gasteiger charge is 2.49. The van der Waals surface area contributed by atoms with Crippen LogP contribution in [0.25, 0.3) is 0 Å². The van der Waals surface area contributed by atoms with Crippen molar-refractivity contribution in [2.24, 2.45) is 11.3 Å². The van der Waals surface area contributed by atoms with Gasteiger partial charge in [-0.15, -0.1) is 12.4 Å². The van der Waals surface area contributed by atoms with E-state index in [-0.39, 0.29) is 35.7 Å². The van der Waals surface area contributed by atoms with E-state index in [4.69, 9.17) is 4.74 Å². The smallest absolute Gasteiger partial charge is 0.224 e. The Morgan fingerprint density at radius 1 is 1.43 bits per heavy atom. The maximum Gasteiger partial charge on any atom is 0.224 e. The van der Waals surface area contributed by atoms with E-state index in [2.05, 4.69) is 31.4 Å². The largest absolute Gasteiger partial charge is 0.378 e. The van der Waals surface area contributed by atoms with Crippen LogP contribution in [0.2, 0.25) is 0 Å². The minimum Gasteiger partial charge on any atom is -0.378 e. The fourth-order valence-corrected chi connectivity index (χ4v) is 3.15. The molecule has 3 atom stereocenters. The molecule has 0 aromatic heterocycles. The molecule has 0 radical (unpaired) electrons. The van der Waals surface area contributed by atoms with Gasteiger partial charge in [-0.05, 0) is 32.2 Å². The topological polar surface area (TPSA) is 50.4 Å². The molecule has 4 nitrogen and oxygen atoms in total. The Morgan fingerprint density at radius 2 is 2.19 bits per heavy atom. The normalized spacial score (nSPS) is 30.9. The van der Waals surface area contributed by atoms with Gasteiger partial charge in [0.25, 0.3) is 0 Å². The van der Waals surface area contributed by atoms with E-state index in [1.54, 1.807) is 0 Å². The Balaban J connectivity index is 0.00000220. The fraction of sp³-hybridized carbons (Fsp3) is 0.938. The summed E-state index contributed by atoms with van der Waals surface area (Å²) in [7, 11) is 0. The van der Waals surface area contributed by atoms with Crippen LogP contribution in [0.3, 0.4) is 0 Å². The average Bonchev–Trinajstić information content (AvgIpc) is 2.46. The van der Waals surface area contributed by atoms with Crippen LogP contribution < -0.4 is 10.6 Å². The number of rotatable bonds is 6. The Hall–Kier alpha value is -0.320. The number of nitrogens with one attached hydrogen (secondary N) is 2. The first-order valence-corrected chi connectivity index (χ1v) is 8.18. The van der Waals surface area contributed by atoms with Crippen LogP contribution >= 0.6 is 12.4 Å². The Labute approximate surface area is 135 Å². The van der Waals surface area contributed by atoms with E-state index in [1.807, 2.05) is 0 Å². The van der Waals surface area contributed by atoms with Gasteiger partial charge in [0.05, 0.1) is 12.0 Å². The van der Waals surface area contributed by atoms with Crippen LogP contribution in [0.15, 0.2) is 0 Å². The second-order valence-corrected chi connectivity index (χ2v) is 6.87. The van der Waals surface area contributed by atoms with Crippen molar-refractivity contribution in [1.29, 1.82) is 0 Å². The van der Waals surface area contributed by atoms with Crippen molar-refractivity contribution >= 4 is 18.3 Å². The van der Waals surface area contributed by atoms with Gasteiger partial charge in [0, 0.05) is 24.6 Å². The number of ether oxygens (including phenoxy) is 1. The van der Waals surface area contributed by atoms with E-state index in [0.29, 0.717) is 6.10 Å². The first kappa shape index (κ1) is 18.7. The molecule has 0 aromatic rings. The highest BCUT2D eigenvalue weighted by atomic mass is 35.5. The Bertz CT molecular complexity index is 330. The maximum atomic E-state index is 12.3. The second-order valence-electron chi connectivity index (χ2n) is 6.87. The lowest BCUT2D eigenvalue weighted by Gasteiger charge is -2.52. The fourth-order valence-electron chi connectivity index (χ4n) is 3.15. The first-order chi connectivity index (χ1) is 9.55. The molecule has 5 heteroatoms. The van der Waals surface area contributed by atoms with Gasteiger partial charge in [-0.25, -0.2) is 0 Å². The molecular formula is C16H31ClN2O2. The number of piperidine rings is 1. The molecule has 21 heavy (non-hydrogen) atoms. The molecule has 2 N–H and O–H groups in total. The average molecular weight is 319 g/mol. The minimum absolute atomic E-state index is 0. The van der Waals surface area contributed by atoms with Crippen molar-refractivity contribution in [3.05, 3.63) is 0 Å². The third-order valence-electron chi connectivity index (χ3n) is 4.98. The summed E-state index contributed by atoms with van der Waals surface area (Å²) in [6, 6.07) is 0.267. The SMILES string of the molecule is CCCCOC1CC(NC(=O)C2CCCNC2)C1(C)C.Cl. The molecule has 0 spiro atoms. The van der Waals surface area contributed by atoms with Crippen LogP contribution in [-0.4, -0.2) is 37.7 Å². The highest BCUT2D eigenvalue weighted by molar-refractivity contribution is 5.85. The summed E-state index contributed by atoms with van der Waals surface area (Å²) in [5.41, 5.74) is 0.0610. The lowest BCUT2D eigenvalue weighted by molar-refractivity contribution is -0.141. The predicted molar refractivity (Wildman–Crippen MR) is 87.8 cm³/mol. The van der Waals surface area contributed by atoms with Gasteiger partial charge in [-0.2, -0.15) is 0 Å². The van der Waals surface area contributed by atoms with E-state index < -0.39 is 0 Å². The van der Waals surface area contributed by atoms with Crippen LogP contribution in [0.1, 0.15) is 52.9 Å². The minimum atomic E-state index is 0. The molecule has 1 amide bonds. The van der Waals surface area contributed by atoms with E-state index in [1.165, 1.54) is 6.42 Å². The van der Waals surface area contributed by atoms with Crippen molar-refractivity contribution in [2.45, 2.75) is 65.0 Å². The Kier molecular flexibility index (Phi) is 7.45. The number of unbranched alkanes of at least 4 members (excludes halogenated alkanes) is 1. The predicted octanol–water partition coefficient (Wildman–Crippen LogP) is 2.51. The summed E-state index contributed by atoms with van der Waals surface area (Å²) in [4.78, 5) is 12.3. The number of carbonyl (C=O) groups is 1. The third-order valence-corrected chi connectivity index (χ3v) is 4.98. The first-order valence-electron chi connectivity index (χ1n) is 8.18. The van der Waals surface area contributed by atoms with E-state index in [0.717, 1.165) is 45.4 Å². The van der Waals surface area contributed by atoms with Crippen molar-refractivity contribution in [2.75, 3.05) is 19.7 Å². The van der Waals surface area contributed by atoms with Gasteiger partial charge >= 0.3 is 0 Å². The molecule has 0 bridgehead atoms. The summed E-state index contributed by atoms with van der Waals surface area (Å²) in [6.07, 6.45) is 5.67. The van der Waals surface area contributed by atoms with Crippen LogP contribution in [0, 0.1) is 11.3 Å². The van der Waals surface area contributed by atoms with Crippen LogP contribution in [0.5, 0.6) is 0 Å². The van der Waals surface area contributed by atoms with Crippen molar-refractivity contribution in [1.82, 2.24) is 10.6 Å². The van der Waals surface area contributed by atoms with E-state index >= 15 is 0 Å². The standard InChI is InChI=1S/C16H30N2O2.ClH/c1-4-5-9-20-14-10-13(16(14,2)3)18-15(19)12-7-6-8-17-11-12;/h12-14,17H,4-11H2,1-3H3,(H,18,19);1H. The summed E-state index contributed by atoms with van der Waals surface area (Å²) in [5.74, 6) is 0.377. The zero-order chi connectivity index (χ0) is 14.6. The molecule has 0 aromatic carbocycles. The van der Waals surface area contributed by atoms with Crippen LogP contribution in [0.4, 0.5) is 0 Å². The molecule has 1 aliphatic carbocycles. The van der Waals surface area contributed by atoms with Gasteiger partial charge in [-0.1, -0.05) is 27.2 Å². The quantitative estimate of drug-likeness (QED) is 0.740. The molecule has 2 aliphatic rings. The Morgan fingerprint density at radius 3 is 2.76 bits per heavy atom. The zero-order valence-corrected chi connectivity index (χ0v) is 14.4. The molecule has 3 unspecified atom stereocenters. The van der Waals surface area contributed by atoms with Crippen molar-refractivity contribution in [3.8, 4) is 0 Å². The van der Waals surface area contributed by atoms with Crippen molar-refractivity contribution in [3.63, 3.8) is 0 Å². The monoisotopic (exact) mass is 318 g/mol. The van der Waals surface area contributed by atoms with Gasteiger partial charge in [0.2, 0.25) is 5.91 Å². The molecule has 124 valence electrons. The maximum absolute atomic E-state index is 12.3. The molecule has 1 aliphatic heterocycles.